The van der Waals surface area contributed by atoms with Crippen molar-refractivity contribution in [3.05, 3.63) is 40.0 Å². The molecule has 1 amide bonds. The van der Waals surface area contributed by atoms with E-state index in [-0.39, 0.29) is 0 Å². The third-order valence-corrected chi connectivity index (χ3v) is 6.06. The lowest BCUT2D eigenvalue weighted by Gasteiger charge is -2.19. The third-order valence-electron chi connectivity index (χ3n) is 5.02. The molecule has 1 aromatic heterocycles. The fourth-order valence-electron chi connectivity index (χ4n) is 3.93. The fourth-order valence-corrected chi connectivity index (χ4v) is 4.96. The summed E-state index contributed by atoms with van der Waals surface area (Å²) in [4.78, 5) is 16.6. The van der Waals surface area contributed by atoms with Crippen molar-refractivity contribution in [1.82, 2.24) is 10.3 Å². The first kappa shape index (κ1) is 13.9. The molecule has 114 valence electrons. The molecule has 22 heavy (non-hydrogen) atoms. The van der Waals surface area contributed by atoms with Crippen LogP contribution in [0.4, 0.5) is 0 Å². The van der Waals surface area contributed by atoms with Crippen molar-refractivity contribution in [3.63, 3.8) is 0 Å². The van der Waals surface area contributed by atoms with Gasteiger partial charge in [0, 0.05) is 6.04 Å². The predicted molar refractivity (Wildman–Crippen MR) is 89.3 cm³/mol. The van der Waals surface area contributed by atoms with Gasteiger partial charge in [-0.25, -0.2) is 4.98 Å². The van der Waals surface area contributed by atoms with Crippen molar-refractivity contribution >= 4 is 17.7 Å². The lowest BCUT2D eigenvalue weighted by molar-refractivity contribution is -0.110. The highest BCUT2D eigenvalue weighted by Gasteiger charge is 2.27. The number of benzene rings is 1. The van der Waals surface area contributed by atoms with Crippen LogP contribution in [0.15, 0.2) is 18.2 Å². The molecular formula is C18H20N2OS. The van der Waals surface area contributed by atoms with Crippen molar-refractivity contribution in [2.75, 3.05) is 0 Å². The molecule has 4 heteroatoms. The number of nitrogens with zero attached hydrogens (tertiary/aromatic N) is 1. The number of hydrogen-bond acceptors (Lipinski definition) is 3. The van der Waals surface area contributed by atoms with E-state index in [0.717, 1.165) is 32.1 Å². The molecule has 2 atom stereocenters. The molecule has 0 spiro atoms. The Morgan fingerprint density at radius 3 is 3.09 bits per heavy atom. The van der Waals surface area contributed by atoms with Gasteiger partial charge < -0.3 is 5.32 Å². The molecule has 1 fully saturated rings. The van der Waals surface area contributed by atoms with Gasteiger partial charge in [-0.15, -0.1) is 11.3 Å². The normalized spacial score (nSPS) is 23.0. The molecular weight excluding hydrogens is 292 g/mol. The molecule has 2 aliphatic carbocycles. The summed E-state index contributed by atoms with van der Waals surface area (Å²) in [6.45, 7) is 2.09. The van der Waals surface area contributed by atoms with Crippen LogP contribution in [0.25, 0.3) is 10.4 Å². The Morgan fingerprint density at radius 1 is 1.32 bits per heavy atom. The van der Waals surface area contributed by atoms with E-state index in [0.29, 0.717) is 12.0 Å². The zero-order valence-corrected chi connectivity index (χ0v) is 13.6. The van der Waals surface area contributed by atoms with E-state index in [4.69, 9.17) is 0 Å². The molecule has 0 bridgehead atoms. The molecule has 0 radical (unpaired) electrons. The van der Waals surface area contributed by atoms with Gasteiger partial charge in [-0.1, -0.05) is 18.2 Å². The molecule has 0 saturated heterocycles. The van der Waals surface area contributed by atoms with Gasteiger partial charge in [0.1, 0.15) is 0 Å². The van der Waals surface area contributed by atoms with Gasteiger partial charge in [-0.3, -0.25) is 4.79 Å². The zero-order chi connectivity index (χ0) is 15.1. The van der Waals surface area contributed by atoms with Crippen LogP contribution in [-0.4, -0.2) is 17.4 Å². The van der Waals surface area contributed by atoms with E-state index in [1.807, 2.05) is 11.3 Å². The Balaban J connectivity index is 1.62. The van der Waals surface area contributed by atoms with E-state index >= 15 is 0 Å². The van der Waals surface area contributed by atoms with Gasteiger partial charge in [0.25, 0.3) is 0 Å². The second kappa shape index (κ2) is 5.51. The van der Waals surface area contributed by atoms with Gasteiger partial charge in [-0.2, -0.15) is 0 Å². The van der Waals surface area contributed by atoms with Gasteiger partial charge in [0.05, 0.1) is 15.6 Å². The second-order valence-electron chi connectivity index (χ2n) is 6.42. The van der Waals surface area contributed by atoms with E-state index in [9.17, 15) is 4.79 Å². The van der Waals surface area contributed by atoms with Crippen LogP contribution in [0.2, 0.25) is 0 Å². The highest BCUT2D eigenvalue weighted by atomic mass is 32.1. The Morgan fingerprint density at radius 2 is 2.23 bits per heavy atom. The highest BCUT2D eigenvalue weighted by Crippen LogP contribution is 2.41. The first-order valence-corrected chi connectivity index (χ1v) is 8.85. The summed E-state index contributed by atoms with van der Waals surface area (Å²) >= 11 is 1.82. The minimum absolute atomic E-state index is 0.356. The van der Waals surface area contributed by atoms with Crippen LogP contribution >= 0.6 is 11.3 Å². The van der Waals surface area contributed by atoms with Gasteiger partial charge in [-0.05, 0) is 61.6 Å². The quantitative estimate of drug-likeness (QED) is 0.880. The maximum absolute atomic E-state index is 10.6. The molecule has 1 saturated carbocycles. The number of rotatable bonds is 3. The highest BCUT2D eigenvalue weighted by molar-refractivity contribution is 7.15. The largest absolute Gasteiger partial charge is 0.356 e. The van der Waals surface area contributed by atoms with Gasteiger partial charge in [0.2, 0.25) is 6.41 Å². The number of fused-ring (bicyclic) bond motifs is 3. The molecule has 1 heterocycles. The van der Waals surface area contributed by atoms with Crippen molar-refractivity contribution < 1.29 is 4.79 Å². The van der Waals surface area contributed by atoms with Crippen LogP contribution in [0.3, 0.4) is 0 Å². The maximum Gasteiger partial charge on any atom is 0.207 e. The number of aryl methyl sites for hydroxylation is 3. The number of nitrogens with one attached hydrogen (secondary N) is 1. The number of aromatic nitrogens is 1. The van der Waals surface area contributed by atoms with Gasteiger partial charge in [0.15, 0.2) is 0 Å². The Bertz CT molecular complexity index is 722. The summed E-state index contributed by atoms with van der Waals surface area (Å²) in [5.74, 6) is 0.590. The molecule has 3 nitrogen and oxygen atoms in total. The third kappa shape index (κ3) is 2.35. The standard InChI is InChI=1S/C18H20N2OS/c1-11-20-17-7-4-14-8-12(3-6-16(14)18(17)22-11)13-2-5-15(9-13)19-10-21/h3,6,8,10,13,15H,2,4-5,7,9H2,1H3,(H,19,21). The molecule has 2 aliphatic rings. The number of amides is 1. The van der Waals surface area contributed by atoms with Crippen molar-refractivity contribution in [2.45, 2.75) is 51.0 Å². The van der Waals surface area contributed by atoms with Crippen LogP contribution < -0.4 is 5.32 Å². The first-order chi connectivity index (χ1) is 10.7. The molecule has 4 rings (SSSR count). The minimum Gasteiger partial charge on any atom is -0.356 e. The van der Waals surface area contributed by atoms with Crippen LogP contribution in [0.5, 0.6) is 0 Å². The second-order valence-corrected chi connectivity index (χ2v) is 7.62. The van der Waals surface area contributed by atoms with Crippen LogP contribution in [-0.2, 0) is 17.6 Å². The summed E-state index contributed by atoms with van der Waals surface area (Å²) in [5.41, 5.74) is 5.58. The van der Waals surface area contributed by atoms with Crippen molar-refractivity contribution in [3.8, 4) is 10.4 Å². The van der Waals surface area contributed by atoms with Gasteiger partial charge >= 0.3 is 0 Å². The summed E-state index contributed by atoms with van der Waals surface area (Å²) in [6, 6.07) is 7.34. The summed E-state index contributed by atoms with van der Waals surface area (Å²) in [6.07, 6.45) is 6.35. The lowest BCUT2D eigenvalue weighted by Crippen LogP contribution is -2.24. The Kier molecular flexibility index (Phi) is 3.49. The molecule has 0 aliphatic heterocycles. The molecule has 2 unspecified atom stereocenters. The first-order valence-electron chi connectivity index (χ1n) is 8.04. The zero-order valence-electron chi connectivity index (χ0n) is 12.8. The number of carbonyl (C=O) groups excluding carboxylic acids is 1. The monoisotopic (exact) mass is 312 g/mol. The maximum atomic E-state index is 10.6. The summed E-state index contributed by atoms with van der Waals surface area (Å²) in [7, 11) is 0. The van der Waals surface area contributed by atoms with Crippen molar-refractivity contribution in [1.29, 1.82) is 0 Å². The lowest BCUT2D eigenvalue weighted by atomic mass is 9.88. The number of hydrogen-bond donors (Lipinski definition) is 1. The number of thiazole rings is 1. The number of carbonyl (C=O) groups is 1. The van der Waals surface area contributed by atoms with Crippen molar-refractivity contribution in [2.24, 2.45) is 0 Å². The SMILES string of the molecule is Cc1nc2c(s1)-c1ccc(C3CCC(NC=O)C3)cc1CC2. The molecule has 2 aromatic rings. The van der Waals surface area contributed by atoms with Crippen LogP contribution in [0, 0.1) is 6.92 Å². The minimum atomic E-state index is 0.356. The Labute approximate surface area is 134 Å². The topological polar surface area (TPSA) is 42.0 Å². The average Bonchev–Trinajstić information content (AvgIpc) is 3.13. The van der Waals surface area contributed by atoms with E-state index in [1.54, 1.807) is 0 Å². The van der Waals surface area contributed by atoms with E-state index in [2.05, 4.69) is 35.4 Å². The molecule has 1 N–H and O–H groups in total. The summed E-state index contributed by atoms with van der Waals surface area (Å²) in [5, 5.41) is 4.10. The average molecular weight is 312 g/mol. The predicted octanol–water partition coefficient (Wildman–Crippen LogP) is 3.60. The summed E-state index contributed by atoms with van der Waals surface area (Å²) < 4.78 is 0. The van der Waals surface area contributed by atoms with E-state index in [1.165, 1.54) is 38.7 Å². The molecule has 1 aromatic carbocycles. The van der Waals surface area contributed by atoms with Crippen LogP contribution in [0.1, 0.15) is 47.0 Å². The van der Waals surface area contributed by atoms with E-state index < -0.39 is 0 Å². The fraction of sp³-hybridized carbons (Fsp3) is 0.444. The Hall–Kier alpha value is -1.68. The smallest absolute Gasteiger partial charge is 0.207 e.